The third-order valence-electron chi connectivity index (χ3n) is 2.15. The van der Waals surface area contributed by atoms with E-state index in [1.54, 1.807) is 19.3 Å². The number of aromatic nitrogens is 4. The largest absolute Gasteiger partial charge is 0.490 e. The van der Waals surface area contributed by atoms with Crippen LogP contribution < -0.4 is 5.32 Å². The molecule has 17 heavy (non-hydrogen) atoms. The maximum Gasteiger partial charge on any atom is 0.490 e. The molecule has 2 rings (SSSR count). The van der Waals surface area contributed by atoms with Gasteiger partial charge in [0, 0.05) is 23.9 Å². The molecule has 0 aliphatic heterocycles. The van der Waals surface area contributed by atoms with Gasteiger partial charge in [-0.3, -0.25) is 0 Å². The number of nitro groups is 1. The summed E-state index contributed by atoms with van der Waals surface area (Å²) in [5.41, 5.74) is 0.884. The van der Waals surface area contributed by atoms with Crippen molar-refractivity contribution in [1.82, 2.24) is 19.7 Å². The molecular weight excluding hydrogens is 224 g/mol. The molecule has 0 saturated heterocycles. The Morgan fingerprint density at radius 3 is 3.00 bits per heavy atom. The Labute approximate surface area is 96.5 Å². The second kappa shape index (κ2) is 4.56. The van der Waals surface area contributed by atoms with Crippen LogP contribution in [0.3, 0.4) is 0 Å². The summed E-state index contributed by atoms with van der Waals surface area (Å²) < 4.78 is 1.40. The first-order chi connectivity index (χ1) is 8.20. The van der Waals surface area contributed by atoms with E-state index < -0.39 is 10.9 Å². The minimum absolute atomic E-state index is 0.380. The lowest BCUT2D eigenvalue weighted by Crippen LogP contribution is -2.05. The van der Waals surface area contributed by atoms with Crippen molar-refractivity contribution in [2.75, 3.05) is 12.4 Å². The van der Waals surface area contributed by atoms with Gasteiger partial charge in [-0.25, -0.2) is 4.98 Å². The molecule has 8 nitrogen and oxygen atoms in total. The Bertz CT molecular complexity index is 538. The summed E-state index contributed by atoms with van der Waals surface area (Å²) >= 11 is 0. The maximum absolute atomic E-state index is 10.4. The summed E-state index contributed by atoms with van der Waals surface area (Å²) in [5.74, 6) is 0.311. The zero-order valence-corrected chi connectivity index (χ0v) is 9.07. The zero-order valence-electron chi connectivity index (χ0n) is 9.07. The van der Waals surface area contributed by atoms with Crippen LogP contribution in [0.25, 0.3) is 0 Å². The SMILES string of the molecule is CNc1ncccc1Cn1cnc([N+](=O)[O-])n1. The highest BCUT2D eigenvalue weighted by Gasteiger charge is 2.14. The molecule has 0 radical (unpaired) electrons. The van der Waals surface area contributed by atoms with Crippen molar-refractivity contribution in [2.24, 2.45) is 0 Å². The third kappa shape index (κ3) is 2.36. The smallest absolute Gasteiger partial charge is 0.390 e. The number of hydrogen-bond donors (Lipinski definition) is 1. The van der Waals surface area contributed by atoms with Gasteiger partial charge in [0.2, 0.25) is 6.33 Å². The molecule has 88 valence electrons. The summed E-state index contributed by atoms with van der Waals surface area (Å²) in [6, 6.07) is 3.66. The number of pyridine rings is 1. The lowest BCUT2D eigenvalue weighted by atomic mass is 10.2. The van der Waals surface area contributed by atoms with E-state index in [1.807, 2.05) is 6.07 Å². The Morgan fingerprint density at radius 2 is 2.35 bits per heavy atom. The Balaban J connectivity index is 2.22. The van der Waals surface area contributed by atoms with Gasteiger partial charge in [-0.1, -0.05) is 11.1 Å². The number of rotatable bonds is 4. The van der Waals surface area contributed by atoms with Gasteiger partial charge in [-0.05, 0) is 11.0 Å². The van der Waals surface area contributed by atoms with E-state index in [0.29, 0.717) is 12.4 Å². The molecule has 2 aromatic heterocycles. The summed E-state index contributed by atoms with van der Waals surface area (Å²) in [6.45, 7) is 0.380. The predicted molar refractivity (Wildman–Crippen MR) is 59.6 cm³/mol. The van der Waals surface area contributed by atoms with Crippen LogP contribution >= 0.6 is 0 Å². The van der Waals surface area contributed by atoms with Crippen LogP contribution in [0.1, 0.15) is 5.56 Å². The molecule has 0 spiro atoms. The number of nitrogens with zero attached hydrogens (tertiary/aromatic N) is 5. The molecule has 0 unspecified atom stereocenters. The Kier molecular flexibility index (Phi) is 2.95. The van der Waals surface area contributed by atoms with Crippen molar-refractivity contribution in [1.29, 1.82) is 0 Å². The van der Waals surface area contributed by atoms with Crippen LogP contribution in [0.15, 0.2) is 24.7 Å². The van der Waals surface area contributed by atoms with E-state index >= 15 is 0 Å². The summed E-state index contributed by atoms with van der Waals surface area (Å²) in [5, 5.41) is 17.1. The van der Waals surface area contributed by atoms with Gasteiger partial charge in [-0.2, -0.15) is 4.68 Å². The van der Waals surface area contributed by atoms with Crippen molar-refractivity contribution in [3.05, 3.63) is 40.3 Å². The zero-order chi connectivity index (χ0) is 12.3. The number of anilines is 1. The van der Waals surface area contributed by atoms with Crippen LogP contribution in [-0.2, 0) is 6.54 Å². The second-order valence-corrected chi connectivity index (χ2v) is 3.26. The molecule has 8 heteroatoms. The third-order valence-corrected chi connectivity index (χ3v) is 2.15. The number of nitrogens with one attached hydrogen (secondary N) is 1. The quantitative estimate of drug-likeness (QED) is 0.616. The van der Waals surface area contributed by atoms with Gasteiger partial charge in [0.05, 0.1) is 6.54 Å². The van der Waals surface area contributed by atoms with Crippen molar-refractivity contribution in [3.63, 3.8) is 0 Å². The van der Waals surface area contributed by atoms with E-state index in [9.17, 15) is 10.1 Å². The van der Waals surface area contributed by atoms with Crippen molar-refractivity contribution >= 4 is 11.8 Å². The van der Waals surface area contributed by atoms with Crippen LogP contribution in [0, 0.1) is 10.1 Å². The van der Waals surface area contributed by atoms with Crippen LogP contribution in [0.5, 0.6) is 0 Å². The van der Waals surface area contributed by atoms with E-state index in [4.69, 9.17) is 0 Å². The first-order valence-electron chi connectivity index (χ1n) is 4.86. The number of hydrogen-bond acceptors (Lipinski definition) is 6. The van der Waals surface area contributed by atoms with Crippen LogP contribution in [0.4, 0.5) is 11.8 Å². The van der Waals surface area contributed by atoms with Gasteiger partial charge in [0.1, 0.15) is 5.82 Å². The van der Waals surface area contributed by atoms with Crippen LogP contribution in [-0.4, -0.2) is 31.7 Å². The minimum atomic E-state index is -0.626. The van der Waals surface area contributed by atoms with E-state index in [-0.39, 0.29) is 0 Å². The van der Waals surface area contributed by atoms with E-state index in [0.717, 1.165) is 5.56 Å². The lowest BCUT2D eigenvalue weighted by Gasteiger charge is -2.05. The average Bonchev–Trinajstić information content (AvgIpc) is 2.78. The van der Waals surface area contributed by atoms with E-state index in [1.165, 1.54) is 11.0 Å². The predicted octanol–water partition coefficient (Wildman–Crippen LogP) is 0.671. The standard InChI is InChI=1S/C9H10N6O2/c1-10-8-7(3-2-4-11-8)5-14-6-12-9(13-14)15(16)17/h2-4,6H,5H2,1H3,(H,10,11). The van der Waals surface area contributed by atoms with Gasteiger partial charge >= 0.3 is 5.95 Å². The molecule has 2 aromatic rings. The van der Waals surface area contributed by atoms with Gasteiger partial charge < -0.3 is 15.4 Å². The highest BCUT2D eigenvalue weighted by atomic mass is 16.6. The molecule has 1 N–H and O–H groups in total. The fourth-order valence-electron chi connectivity index (χ4n) is 1.41. The molecule has 0 aliphatic rings. The van der Waals surface area contributed by atoms with Crippen LogP contribution in [0.2, 0.25) is 0 Å². The second-order valence-electron chi connectivity index (χ2n) is 3.26. The maximum atomic E-state index is 10.4. The van der Waals surface area contributed by atoms with Gasteiger partial charge in [0.25, 0.3) is 0 Å². The molecule has 0 amide bonds. The van der Waals surface area contributed by atoms with Gasteiger partial charge in [-0.15, -0.1) is 0 Å². The fourth-order valence-corrected chi connectivity index (χ4v) is 1.41. The Hall–Kier alpha value is -2.51. The molecular formula is C9H10N6O2. The minimum Gasteiger partial charge on any atom is -0.390 e. The Morgan fingerprint density at radius 1 is 1.53 bits per heavy atom. The molecule has 2 heterocycles. The first-order valence-corrected chi connectivity index (χ1v) is 4.86. The highest BCUT2D eigenvalue weighted by molar-refractivity contribution is 5.42. The first kappa shape index (κ1) is 11.0. The highest BCUT2D eigenvalue weighted by Crippen LogP contribution is 2.12. The normalized spacial score (nSPS) is 10.2. The molecule has 0 saturated carbocycles. The molecule has 0 bridgehead atoms. The van der Waals surface area contributed by atoms with E-state index in [2.05, 4.69) is 20.4 Å². The lowest BCUT2D eigenvalue weighted by molar-refractivity contribution is -0.394. The fraction of sp³-hybridized carbons (Fsp3) is 0.222. The average molecular weight is 234 g/mol. The molecule has 0 aromatic carbocycles. The summed E-state index contributed by atoms with van der Waals surface area (Å²) in [4.78, 5) is 17.5. The monoisotopic (exact) mass is 234 g/mol. The van der Waals surface area contributed by atoms with Crippen molar-refractivity contribution in [3.8, 4) is 0 Å². The molecule has 0 aliphatic carbocycles. The molecule has 0 fully saturated rings. The van der Waals surface area contributed by atoms with Crippen molar-refractivity contribution < 1.29 is 4.92 Å². The topological polar surface area (TPSA) is 98.8 Å². The van der Waals surface area contributed by atoms with Gasteiger partial charge in [0.15, 0.2) is 0 Å². The summed E-state index contributed by atoms with van der Waals surface area (Å²) in [6.07, 6.45) is 2.99. The molecule has 0 atom stereocenters. The van der Waals surface area contributed by atoms with Crippen molar-refractivity contribution in [2.45, 2.75) is 6.54 Å². The summed E-state index contributed by atoms with van der Waals surface area (Å²) in [7, 11) is 1.76.